The summed E-state index contributed by atoms with van der Waals surface area (Å²) in [6.45, 7) is 4.43. The zero-order valence-electron chi connectivity index (χ0n) is 17.9. The van der Waals surface area contributed by atoms with Gasteiger partial charge in [0.05, 0.1) is 17.6 Å². The van der Waals surface area contributed by atoms with E-state index in [4.69, 9.17) is 9.72 Å². The number of para-hydroxylation sites is 3. The predicted molar refractivity (Wildman–Crippen MR) is 126 cm³/mol. The maximum atomic E-state index is 13.4. The largest absolute Gasteiger partial charge is 0.486 e. The summed E-state index contributed by atoms with van der Waals surface area (Å²) in [5.74, 6) is 1.52. The van der Waals surface area contributed by atoms with Crippen LogP contribution in [0.3, 0.4) is 0 Å². The number of hydrogen-bond acceptors (Lipinski definition) is 5. The van der Waals surface area contributed by atoms with Crippen LogP contribution in [-0.4, -0.2) is 24.9 Å². The van der Waals surface area contributed by atoms with Crippen molar-refractivity contribution in [2.24, 2.45) is 0 Å². The van der Waals surface area contributed by atoms with Crippen LogP contribution in [-0.2, 0) is 13.2 Å². The number of ketones is 1. The third-order valence-corrected chi connectivity index (χ3v) is 6.25. The van der Waals surface area contributed by atoms with Gasteiger partial charge in [0.25, 0.3) is 0 Å². The molecule has 0 atom stereocenters. The molecule has 0 spiro atoms. The van der Waals surface area contributed by atoms with Crippen molar-refractivity contribution in [2.75, 3.05) is 0 Å². The van der Waals surface area contributed by atoms with E-state index in [0.29, 0.717) is 5.56 Å². The molecule has 5 rings (SSSR count). The average molecular weight is 443 g/mol. The van der Waals surface area contributed by atoms with E-state index in [-0.39, 0.29) is 18.9 Å². The first-order chi connectivity index (χ1) is 15.6. The number of aryl methyl sites for hydroxylation is 1. The number of carbonyl (C=O) groups is 1. The van der Waals surface area contributed by atoms with E-state index in [1.54, 1.807) is 17.5 Å². The van der Waals surface area contributed by atoms with E-state index in [9.17, 15) is 4.79 Å². The van der Waals surface area contributed by atoms with Crippen LogP contribution in [0.15, 0.2) is 72.2 Å². The first-order valence-corrected chi connectivity index (χ1v) is 11.2. The minimum atomic E-state index is 0.0324. The van der Waals surface area contributed by atoms with Crippen LogP contribution in [0, 0.1) is 13.8 Å². The molecule has 7 heteroatoms. The van der Waals surface area contributed by atoms with E-state index in [2.05, 4.69) is 4.98 Å². The smallest absolute Gasteiger partial charge is 0.193 e. The summed E-state index contributed by atoms with van der Waals surface area (Å²) in [5.41, 5.74) is 4.35. The Kier molecular flexibility index (Phi) is 5.33. The van der Waals surface area contributed by atoms with Gasteiger partial charge < -0.3 is 9.30 Å². The Morgan fingerprint density at radius 3 is 2.62 bits per heavy atom. The molecule has 3 aromatic heterocycles. The zero-order chi connectivity index (χ0) is 22.1. The van der Waals surface area contributed by atoms with Crippen molar-refractivity contribution in [3.8, 4) is 10.9 Å². The summed E-state index contributed by atoms with van der Waals surface area (Å²) in [5, 5.41) is 2.80. The van der Waals surface area contributed by atoms with Crippen molar-refractivity contribution in [1.82, 2.24) is 19.1 Å². The van der Waals surface area contributed by atoms with Gasteiger partial charge in [-0.05, 0) is 44.2 Å². The van der Waals surface area contributed by atoms with E-state index < -0.39 is 0 Å². The standard InChI is InChI=1S/C25H22N4O2S/c1-17-14-20(18(2)29(17)25-26-12-13-32-25)23(30)15-28-22-11-7-6-10-21(22)27-24(28)16-31-19-8-4-3-5-9-19/h3-14H,15-16H2,1-2H3. The predicted octanol–water partition coefficient (Wildman–Crippen LogP) is 5.36. The average Bonchev–Trinajstić information content (AvgIpc) is 3.51. The third-order valence-electron chi connectivity index (χ3n) is 5.49. The Morgan fingerprint density at radius 2 is 1.84 bits per heavy atom. The van der Waals surface area contributed by atoms with E-state index in [1.165, 1.54) is 0 Å². The number of nitrogens with zero attached hydrogens (tertiary/aromatic N) is 4. The Balaban J connectivity index is 1.47. The van der Waals surface area contributed by atoms with E-state index in [1.807, 2.05) is 89.0 Å². The number of carbonyl (C=O) groups excluding carboxylic acids is 1. The number of thiazole rings is 1. The van der Waals surface area contributed by atoms with Gasteiger partial charge in [-0.25, -0.2) is 9.97 Å². The van der Waals surface area contributed by atoms with Gasteiger partial charge >= 0.3 is 0 Å². The molecule has 0 amide bonds. The summed E-state index contributed by atoms with van der Waals surface area (Å²) >= 11 is 1.55. The molecule has 0 N–H and O–H groups in total. The number of ether oxygens (including phenoxy) is 1. The summed E-state index contributed by atoms with van der Waals surface area (Å²) in [7, 11) is 0. The lowest BCUT2D eigenvalue weighted by Gasteiger charge is -2.10. The number of fused-ring (bicyclic) bond motifs is 1. The van der Waals surface area contributed by atoms with Gasteiger partial charge in [-0.3, -0.25) is 9.36 Å². The van der Waals surface area contributed by atoms with Crippen molar-refractivity contribution < 1.29 is 9.53 Å². The second kappa shape index (κ2) is 8.43. The van der Waals surface area contributed by atoms with Crippen molar-refractivity contribution in [3.05, 3.63) is 95.0 Å². The molecule has 2 aromatic carbocycles. The van der Waals surface area contributed by atoms with Gasteiger partial charge in [0.1, 0.15) is 18.2 Å². The third kappa shape index (κ3) is 3.71. The SMILES string of the molecule is Cc1cc(C(=O)Cn2c(COc3ccccc3)nc3ccccc32)c(C)n1-c1nccs1. The Morgan fingerprint density at radius 1 is 1.06 bits per heavy atom. The molecular weight excluding hydrogens is 420 g/mol. The maximum absolute atomic E-state index is 13.4. The van der Waals surface area contributed by atoms with Crippen LogP contribution in [0.25, 0.3) is 16.2 Å². The molecule has 5 aromatic rings. The number of hydrogen-bond donors (Lipinski definition) is 0. The quantitative estimate of drug-likeness (QED) is 0.318. The van der Waals surface area contributed by atoms with E-state index in [0.717, 1.165) is 39.1 Å². The van der Waals surface area contributed by atoms with Crippen LogP contribution >= 0.6 is 11.3 Å². The molecule has 0 saturated heterocycles. The summed E-state index contributed by atoms with van der Waals surface area (Å²) in [6, 6.07) is 19.4. The minimum absolute atomic E-state index is 0.0324. The molecule has 3 heterocycles. The van der Waals surface area contributed by atoms with Crippen LogP contribution in [0.1, 0.15) is 27.6 Å². The van der Waals surface area contributed by atoms with Crippen LogP contribution in [0.5, 0.6) is 5.75 Å². The second-order valence-electron chi connectivity index (χ2n) is 7.56. The Labute approximate surface area is 189 Å². The molecule has 0 radical (unpaired) electrons. The number of imidazole rings is 1. The van der Waals surface area contributed by atoms with Gasteiger partial charge in [-0.1, -0.05) is 30.3 Å². The molecule has 0 bridgehead atoms. The first-order valence-electron chi connectivity index (χ1n) is 10.4. The molecule has 0 unspecified atom stereocenters. The Bertz CT molecular complexity index is 1380. The lowest BCUT2D eigenvalue weighted by molar-refractivity contribution is 0.0970. The van der Waals surface area contributed by atoms with Gasteiger partial charge in [0.15, 0.2) is 10.9 Å². The van der Waals surface area contributed by atoms with Crippen molar-refractivity contribution >= 4 is 28.2 Å². The van der Waals surface area contributed by atoms with Crippen LogP contribution in [0.4, 0.5) is 0 Å². The highest BCUT2D eigenvalue weighted by atomic mass is 32.1. The molecule has 0 saturated carbocycles. The fourth-order valence-corrected chi connectivity index (χ4v) is 4.72. The number of benzene rings is 2. The zero-order valence-corrected chi connectivity index (χ0v) is 18.7. The molecule has 0 aliphatic heterocycles. The lowest BCUT2D eigenvalue weighted by atomic mass is 10.1. The molecule has 0 aliphatic carbocycles. The van der Waals surface area contributed by atoms with Gasteiger partial charge in [-0.2, -0.15) is 0 Å². The maximum Gasteiger partial charge on any atom is 0.193 e. The van der Waals surface area contributed by atoms with Crippen molar-refractivity contribution in [3.63, 3.8) is 0 Å². The van der Waals surface area contributed by atoms with E-state index >= 15 is 0 Å². The number of aromatic nitrogens is 4. The molecule has 6 nitrogen and oxygen atoms in total. The highest BCUT2D eigenvalue weighted by Crippen LogP contribution is 2.24. The monoisotopic (exact) mass is 442 g/mol. The van der Waals surface area contributed by atoms with Gasteiger partial charge in [0, 0.05) is 28.5 Å². The summed E-state index contributed by atoms with van der Waals surface area (Å²) in [4.78, 5) is 22.6. The fourth-order valence-electron chi connectivity index (χ4n) is 3.97. The molecule has 32 heavy (non-hydrogen) atoms. The summed E-state index contributed by atoms with van der Waals surface area (Å²) < 4.78 is 9.93. The highest BCUT2D eigenvalue weighted by molar-refractivity contribution is 7.12. The molecule has 0 fully saturated rings. The molecule has 0 aliphatic rings. The normalized spacial score (nSPS) is 11.2. The van der Waals surface area contributed by atoms with Crippen LogP contribution < -0.4 is 4.74 Å². The lowest BCUT2D eigenvalue weighted by Crippen LogP contribution is -2.15. The first kappa shape index (κ1) is 20.2. The number of Topliss-reactive ketones (excluding diaryl/α,β-unsaturated/α-hetero) is 1. The molecule has 160 valence electrons. The van der Waals surface area contributed by atoms with Gasteiger partial charge in [-0.15, -0.1) is 11.3 Å². The van der Waals surface area contributed by atoms with Crippen LogP contribution in [0.2, 0.25) is 0 Å². The van der Waals surface area contributed by atoms with Gasteiger partial charge in [0.2, 0.25) is 0 Å². The minimum Gasteiger partial charge on any atom is -0.486 e. The fraction of sp³-hybridized carbons (Fsp3) is 0.160. The summed E-state index contributed by atoms with van der Waals surface area (Å²) in [6.07, 6.45) is 1.77. The van der Waals surface area contributed by atoms with Crippen molar-refractivity contribution in [1.29, 1.82) is 0 Å². The second-order valence-corrected chi connectivity index (χ2v) is 8.44. The number of rotatable bonds is 7. The topological polar surface area (TPSA) is 61.9 Å². The van der Waals surface area contributed by atoms with Crippen molar-refractivity contribution in [2.45, 2.75) is 27.0 Å². The Hall–Kier alpha value is -3.71. The molecular formula is C25H22N4O2S. The highest BCUT2D eigenvalue weighted by Gasteiger charge is 2.20.